The summed E-state index contributed by atoms with van der Waals surface area (Å²) in [6, 6.07) is 12.5. The molecule has 0 amide bonds. The van der Waals surface area contributed by atoms with Crippen molar-refractivity contribution in [2.45, 2.75) is 67.8 Å². The third-order valence-corrected chi connectivity index (χ3v) is 6.79. The van der Waals surface area contributed by atoms with Gasteiger partial charge >= 0.3 is 12.1 Å². The largest absolute Gasteiger partial charge is 0.481 e. The summed E-state index contributed by atoms with van der Waals surface area (Å²) in [5, 5.41) is 11.7. The zero-order valence-corrected chi connectivity index (χ0v) is 18.2. The molecule has 0 saturated heterocycles. The summed E-state index contributed by atoms with van der Waals surface area (Å²) in [6.45, 7) is 0.950. The molecular weight excluding hydrogens is 423 g/mol. The number of halogens is 3. The van der Waals surface area contributed by atoms with Crippen molar-refractivity contribution in [3.05, 3.63) is 64.7 Å². The van der Waals surface area contributed by atoms with Crippen LogP contribution >= 0.6 is 11.8 Å². The Labute approximate surface area is 185 Å². The molecule has 2 N–H and O–H groups in total. The molecule has 0 unspecified atom stereocenters. The van der Waals surface area contributed by atoms with E-state index in [1.54, 1.807) is 6.07 Å². The lowest BCUT2D eigenvalue weighted by Gasteiger charge is -2.23. The number of aliphatic carboxylic acids is 1. The molecule has 0 aliphatic heterocycles. The Morgan fingerprint density at radius 3 is 2.35 bits per heavy atom. The second-order valence-corrected chi connectivity index (χ2v) is 9.03. The zero-order valence-electron chi connectivity index (χ0n) is 17.4. The first-order valence-electron chi connectivity index (χ1n) is 10.7. The molecule has 168 valence electrons. The van der Waals surface area contributed by atoms with Crippen LogP contribution in [0.5, 0.6) is 0 Å². The topological polar surface area (TPSA) is 49.3 Å². The predicted octanol–water partition coefficient (Wildman–Crippen LogP) is 6.61. The van der Waals surface area contributed by atoms with Gasteiger partial charge in [-0.2, -0.15) is 13.2 Å². The molecule has 0 radical (unpaired) electrons. The number of carboxylic acid groups (broad SMARTS) is 1. The van der Waals surface area contributed by atoms with Gasteiger partial charge in [-0.05, 0) is 47.6 Å². The van der Waals surface area contributed by atoms with Crippen LogP contribution in [-0.4, -0.2) is 17.6 Å². The molecule has 2 aromatic rings. The second kappa shape index (κ2) is 11.0. The molecule has 0 spiro atoms. The van der Waals surface area contributed by atoms with E-state index in [0.717, 1.165) is 42.4 Å². The van der Waals surface area contributed by atoms with Crippen molar-refractivity contribution in [1.29, 1.82) is 0 Å². The van der Waals surface area contributed by atoms with E-state index in [9.17, 15) is 18.0 Å². The Morgan fingerprint density at radius 2 is 1.71 bits per heavy atom. The molecule has 1 fully saturated rings. The van der Waals surface area contributed by atoms with E-state index in [1.807, 2.05) is 30.3 Å². The van der Waals surface area contributed by atoms with Crippen molar-refractivity contribution < 1.29 is 23.1 Å². The lowest BCUT2D eigenvalue weighted by molar-refractivity contribution is -0.140. The van der Waals surface area contributed by atoms with Crippen LogP contribution in [0.3, 0.4) is 0 Å². The molecule has 7 heteroatoms. The standard InChI is InChI=1S/C24H28F3NO2S/c25-24(26,27)21-14-20(19-4-2-1-3-5-19)10-11-22(21)31-16-18-8-6-17(7-9-18)15-28-13-12-23(29)30/h6-11,14,19,28H,1-5,12-13,15-16H2,(H,29,30). The summed E-state index contributed by atoms with van der Waals surface area (Å²) in [6.07, 6.45) is 1.01. The summed E-state index contributed by atoms with van der Waals surface area (Å²) in [5.74, 6) is -0.145. The fraction of sp³-hybridized carbons (Fsp3) is 0.458. The van der Waals surface area contributed by atoms with Gasteiger partial charge in [0.05, 0.1) is 12.0 Å². The number of hydrogen-bond donors (Lipinski definition) is 2. The molecule has 1 aliphatic carbocycles. The van der Waals surface area contributed by atoms with Crippen molar-refractivity contribution in [3.8, 4) is 0 Å². The molecule has 0 aromatic heterocycles. The van der Waals surface area contributed by atoms with Gasteiger partial charge in [0.1, 0.15) is 0 Å². The molecule has 0 bridgehead atoms. The summed E-state index contributed by atoms with van der Waals surface area (Å²) in [5.41, 5.74) is 2.24. The monoisotopic (exact) mass is 451 g/mol. The van der Waals surface area contributed by atoms with Gasteiger partial charge in [-0.3, -0.25) is 4.79 Å². The van der Waals surface area contributed by atoms with E-state index in [-0.39, 0.29) is 17.2 Å². The maximum Gasteiger partial charge on any atom is 0.417 e. The highest BCUT2D eigenvalue weighted by Crippen LogP contribution is 2.41. The van der Waals surface area contributed by atoms with Crippen molar-refractivity contribution in [3.63, 3.8) is 0 Å². The number of alkyl halides is 3. The molecular formula is C24H28F3NO2S. The van der Waals surface area contributed by atoms with Gasteiger partial charge < -0.3 is 10.4 Å². The molecule has 0 atom stereocenters. The van der Waals surface area contributed by atoms with Gasteiger partial charge in [0.15, 0.2) is 0 Å². The van der Waals surface area contributed by atoms with Crippen molar-refractivity contribution in [1.82, 2.24) is 5.32 Å². The Balaban J connectivity index is 1.62. The second-order valence-electron chi connectivity index (χ2n) is 8.01. The van der Waals surface area contributed by atoms with E-state index in [2.05, 4.69) is 5.32 Å². The molecule has 2 aromatic carbocycles. The van der Waals surface area contributed by atoms with Crippen molar-refractivity contribution in [2.75, 3.05) is 6.54 Å². The number of benzene rings is 2. The molecule has 1 saturated carbocycles. The van der Waals surface area contributed by atoms with Crippen LogP contribution in [0.2, 0.25) is 0 Å². The van der Waals surface area contributed by atoms with Crippen LogP contribution in [-0.2, 0) is 23.3 Å². The number of hydrogen-bond acceptors (Lipinski definition) is 3. The van der Waals surface area contributed by atoms with E-state index in [1.165, 1.54) is 24.2 Å². The fourth-order valence-electron chi connectivity index (χ4n) is 3.93. The van der Waals surface area contributed by atoms with Gasteiger partial charge in [-0.25, -0.2) is 0 Å². The quantitative estimate of drug-likeness (QED) is 0.333. The molecule has 0 heterocycles. The Hall–Kier alpha value is -1.99. The molecule has 3 rings (SSSR count). The first-order chi connectivity index (χ1) is 14.8. The minimum absolute atomic E-state index is 0.0653. The maximum absolute atomic E-state index is 13.7. The van der Waals surface area contributed by atoms with Gasteiger partial charge in [0.2, 0.25) is 0 Å². The highest BCUT2D eigenvalue weighted by molar-refractivity contribution is 7.98. The van der Waals surface area contributed by atoms with Gasteiger partial charge in [0, 0.05) is 23.7 Å². The SMILES string of the molecule is O=C(O)CCNCc1ccc(CSc2ccc(C3CCCCC3)cc2C(F)(F)F)cc1. The van der Waals surface area contributed by atoms with Crippen LogP contribution < -0.4 is 5.32 Å². The number of carboxylic acids is 1. The van der Waals surface area contributed by atoms with E-state index in [4.69, 9.17) is 5.11 Å². The van der Waals surface area contributed by atoms with Crippen LogP contribution in [0, 0.1) is 0 Å². The molecule has 1 aliphatic rings. The van der Waals surface area contributed by atoms with Crippen molar-refractivity contribution >= 4 is 17.7 Å². The summed E-state index contributed by atoms with van der Waals surface area (Å²) in [4.78, 5) is 10.8. The highest BCUT2D eigenvalue weighted by atomic mass is 32.2. The number of carbonyl (C=O) groups is 1. The number of rotatable bonds is 9. The van der Waals surface area contributed by atoms with Crippen LogP contribution in [0.4, 0.5) is 13.2 Å². The Bertz CT molecular complexity index is 862. The zero-order chi connectivity index (χ0) is 22.3. The normalized spacial score (nSPS) is 15.2. The van der Waals surface area contributed by atoms with Crippen LogP contribution in [0.1, 0.15) is 66.7 Å². The lowest BCUT2D eigenvalue weighted by Crippen LogP contribution is -2.17. The average molecular weight is 452 g/mol. The van der Waals surface area contributed by atoms with Crippen LogP contribution in [0.15, 0.2) is 47.4 Å². The lowest BCUT2D eigenvalue weighted by atomic mass is 9.83. The summed E-state index contributed by atoms with van der Waals surface area (Å²) >= 11 is 1.21. The first-order valence-corrected chi connectivity index (χ1v) is 11.7. The first kappa shape index (κ1) is 23.7. The van der Waals surface area contributed by atoms with Gasteiger partial charge in [-0.15, -0.1) is 11.8 Å². The minimum Gasteiger partial charge on any atom is -0.481 e. The molecule has 3 nitrogen and oxygen atoms in total. The predicted molar refractivity (Wildman–Crippen MR) is 117 cm³/mol. The smallest absolute Gasteiger partial charge is 0.417 e. The minimum atomic E-state index is -4.36. The number of thioether (sulfide) groups is 1. The summed E-state index contributed by atoms with van der Waals surface area (Å²) < 4.78 is 41.1. The Morgan fingerprint density at radius 1 is 1.03 bits per heavy atom. The third kappa shape index (κ3) is 7.28. The van der Waals surface area contributed by atoms with Crippen LogP contribution in [0.25, 0.3) is 0 Å². The highest BCUT2D eigenvalue weighted by Gasteiger charge is 2.34. The van der Waals surface area contributed by atoms with Gasteiger partial charge in [0.25, 0.3) is 0 Å². The van der Waals surface area contributed by atoms with E-state index in [0.29, 0.717) is 18.8 Å². The maximum atomic E-state index is 13.7. The van der Waals surface area contributed by atoms with E-state index >= 15 is 0 Å². The third-order valence-electron chi connectivity index (χ3n) is 5.65. The summed E-state index contributed by atoms with van der Waals surface area (Å²) in [7, 11) is 0. The fourth-order valence-corrected chi connectivity index (χ4v) is 4.94. The van der Waals surface area contributed by atoms with E-state index < -0.39 is 17.7 Å². The average Bonchev–Trinajstić information content (AvgIpc) is 2.76. The Kier molecular flexibility index (Phi) is 8.43. The van der Waals surface area contributed by atoms with Crippen molar-refractivity contribution in [2.24, 2.45) is 0 Å². The molecule has 31 heavy (non-hydrogen) atoms. The number of nitrogens with one attached hydrogen (secondary N) is 1. The van der Waals surface area contributed by atoms with Gasteiger partial charge in [-0.1, -0.05) is 49.6 Å².